The van der Waals surface area contributed by atoms with E-state index in [1.165, 1.54) is 12.1 Å². The highest BCUT2D eigenvalue weighted by molar-refractivity contribution is 8.01. The third-order valence-corrected chi connectivity index (χ3v) is 5.65. The van der Waals surface area contributed by atoms with E-state index in [2.05, 4.69) is 26.0 Å². The summed E-state index contributed by atoms with van der Waals surface area (Å²) in [5.41, 5.74) is 0.706. The Morgan fingerprint density at radius 1 is 1.23 bits per heavy atom. The van der Waals surface area contributed by atoms with Crippen LogP contribution in [0.1, 0.15) is 13.8 Å². The van der Waals surface area contributed by atoms with Crippen LogP contribution in [0.4, 0.5) is 11.4 Å². The largest absolute Gasteiger partial charge is 0.290 e. The lowest BCUT2D eigenvalue weighted by atomic mass is 9.98. The first-order valence-corrected chi connectivity index (χ1v) is 7.96. The number of thioether (sulfide) groups is 1. The molecule has 3 atom stereocenters. The van der Waals surface area contributed by atoms with E-state index in [4.69, 9.17) is 0 Å². The van der Waals surface area contributed by atoms with E-state index in [0.717, 1.165) is 0 Å². The van der Waals surface area contributed by atoms with Gasteiger partial charge in [-0.05, 0) is 25.1 Å². The van der Waals surface area contributed by atoms with E-state index in [-0.39, 0.29) is 17.5 Å². The minimum atomic E-state index is -0.457. The number of nitro benzene ring substituents is 1. The zero-order valence-corrected chi connectivity index (χ0v) is 13.1. The van der Waals surface area contributed by atoms with Crippen molar-refractivity contribution >= 4 is 29.0 Å². The Kier molecular flexibility index (Phi) is 3.56. The quantitative estimate of drug-likeness (QED) is 0.476. The minimum Gasteiger partial charge on any atom is -0.290 e. The molecule has 114 valence electrons. The zero-order valence-electron chi connectivity index (χ0n) is 12.3. The summed E-state index contributed by atoms with van der Waals surface area (Å²) >= 11 is 1.72. The van der Waals surface area contributed by atoms with Gasteiger partial charge < -0.3 is 0 Å². The molecule has 0 aromatic heterocycles. The predicted octanol–water partition coefficient (Wildman–Crippen LogP) is 3.52. The van der Waals surface area contributed by atoms with Crippen LogP contribution in [0.2, 0.25) is 0 Å². The SMILES string of the molecule is CC1C=C[C@@H](C)S[C@@]12C=CC(=O)N2c1ccc([N+](=O)[O-])cc1. The number of benzene rings is 1. The summed E-state index contributed by atoms with van der Waals surface area (Å²) < 4.78 is 0. The summed E-state index contributed by atoms with van der Waals surface area (Å²) in [6, 6.07) is 6.15. The molecule has 1 spiro atoms. The Hall–Kier alpha value is -2.08. The molecule has 0 fully saturated rings. The maximum absolute atomic E-state index is 12.4. The molecule has 0 radical (unpaired) electrons. The molecule has 1 aromatic carbocycles. The van der Waals surface area contributed by atoms with Crippen LogP contribution in [0.25, 0.3) is 0 Å². The molecule has 0 aliphatic carbocycles. The van der Waals surface area contributed by atoms with E-state index >= 15 is 0 Å². The van der Waals surface area contributed by atoms with E-state index in [1.807, 2.05) is 6.08 Å². The minimum absolute atomic E-state index is 0.0232. The van der Waals surface area contributed by atoms with E-state index in [0.29, 0.717) is 10.9 Å². The lowest BCUT2D eigenvalue weighted by molar-refractivity contribution is -0.384. The topological polar surface area (TPSA) is 63.5 Å². The van der Waals surface area contributed by atoms with Crippen LogP contribution in [-0.4, -0.2) is 21.0 Å². The van der Waals surface area contributed by atoms with Crippen LogP contribution in [0.3, 0.4) is 0 Å². The molecular weight excluding hydrogens is 300 g/mol. The van der Waals surface area contributed by atoms with Gasteiger partial charge in [0.1, 0.15) is 4.87 Å². The van der Waals surface area contributed by atoms with Crippen molar-refractivity contribution in [3.05, 3.63) is 58.7 Å². The molecule has 5 nitrogen and oxygen atoms in total. The number of hydrogen-bond donors (Lipinski definition) is 0. The molecule has 6 heteroatoms. The van der Waals surface area contributed by atoms with Gasteiger partial charge in [0.05, 0.1) is 4.92 Å². The average molecular weight is 316 g/mol. The summed E-state index contributed by atoms with van der Waals surface area (Å²) in [6.45, 7) is 4.18. The molecule has 22 heavy (non-hydrogen) atoms. The molecule has 0 bridgehead atoms. The van der Waals surface area contributed by atoms with Crippen molar-refractivity contribution in [2.75, 3.05) is 4.90 Å². The van der Waals surface area contributed by atoms with Gasteiger partial charge in [-0.25, -0.2) is 0 Å². The third-order valence-electron chi connectivity index (χ3n) is 4.05. The zero-order chi connectivity index (χ0) is 15.9. The maximum Gasteiger partial charge on any atom is 0.269 e. The molecule has 1 unspecified atom stereocenters. The molecule has 3 rings (SSSR count). The van der Waals surface area contributed by atoms with Crippen LogP contribution in [0.5, 0.6) is 0 Å². The highest BCUT2D eigenvalue weighted by Crippen LogP contribution is 2.49. The molecule has 0 saturated carbocycles. The number of carbonyl (C=O) groups is 1. The van der Waals surface area contributed by atoms with Gasteiger partial charge in [-0.3, -0.25) is 19.8 Å². The van der Waals surface area contributed by atoms with Crippen molar-refractivity contribution in [2.45, 2.75) is 24.0 Å². The number of nitro groups is 1. The van der Waals surface area contributed by atoms with Gasteiger partial charge in [-0.1, -0.05) is 19.1 Å². The van der Waals surface area contributed by atoms with E-state index < -0.39 is 9.79 Å². The maximum atomic E-state index is 12.4. The summed E-state index contributed by atoms with van der Waals surface area (Å²) in [4.78, 5) is 24.0. The normalized spacial score (nSPS) is 30.3. The van der Waals surface area contributed by atoms with Gasteiger partial charge in [-0.15, -0.1) is 11.8 Å². The Bertz CT molecular complexity index is 683. The Morgan fingerprint density at radius 3 is 2.55 bits per heavy atom. The molecule has 0 N–H and O–H groups in total. The third kappa shape index (κ3) is 2.23. The molecular formula is C16H16N2O3S. The Balaban J connectivity index is 2.02. The molecule has 1 amide bonds. The second kappa shape index (κ2) is 5.28. The average Bonchev–Trinajstić information content (AvgIpc) is 2.81. The summed E-state index contributed by atoms with van der Waals surface area (Å²) in [6.07, 6.45) is 7.82. The number of amides is 1. The Labute approximate surface area is 132 Å². The van der Waals surface area contributed by atoms with Crippen LogP contribution in [0.15, 0.2) is 48.6 Å². The highest BCUT2D eigenvalue weighted by atomic mass is 32.2. The van der Waals surface area contributed by atoms with Crippen molar-refractivity contribution in [3.63, 3.8) is 0 Å². The second-order valence-electron chi connectivity index (χ2n) is 5.53. The van der Waals surface area contributed by atoms with Gasteiger partial charge in [0, 0.05) is 35.1 Å². The van der Waals surface area contributed by atoms with Crippen molar-refractivity contribution < 1.29 is 9.72 Å². The fourth-order valence-electron chi connectivity index (χ4n) is 2.92. The fraction of sp³-hybridized carbons (Fsp3) is 0.312. The molecule has 2 aliphatic heterocycles. The van der Waals surface area contributed by atoms with Gasteiger partial charge in [-0.2, -0.15) is 0 Å². The van der Waals surface area contributed by atoms with Crippen LogP contribution >= 0.6 is 11.8 Å². The first-order chi connectivity index (χ1) is 10.4. The molecule has 0 saturated heterocycles. The molecule has 2 aliphatic rings. The monoisotopic (exact) mass is 316 g/mol. The standard InChI is InChI=1S/C16H16N2O3S/c1-11-3-4-12(2)22-16(11)10-9-15(19)17(16)13-5-7-14(8-6-13)18(20)21/h3-12H,1-2H3/t11?,12-,16+/m1/s1. The van der Waals surface area contributed by atoms with Crippen molar-refractivity contribution in [3.8, 4) is 0 Å². The van der Waals surface area contributed by atoms with Crippen molar-refractivity contribution in [2.24, 2.45) is 5.92 Å². The lowest BCUT2D eigenvalue weighted by Crippen LogP contribution is -2.50. The lowest BCUT2D eigenvalue weighted by Gasteiger charge is -2.44. The number of nitrogens with zero attached hydrogens (tertiary/aromatic N) is 2. The number of anilines is 1. The predicted molar refractivity (Wildman–Crippen MR) is 87.8 cm³/mol. The summed E-state index contributed by atoms with van der Waals surface area (Å²) in [7, 11) is 0. The second-order valence-corrected chi connectivity index (χ2v) is 7.16. The van der Waals surface area contributed by atoms with Gasteiger partial charge in [0.2, 0.25) is 0 Å². The van der Waals surface area contributed by atoms with Crippen LogP contribution in [0, 0.1) is 16.0 Å². The van der Waals surface area contributed by atoms with E-state index in [9.17, 15) is 14.9 Å². The first kappa shape index (κ1) is 14.8. The number of non-ortho nitro benzene ring substituents is 1. The van der Waals surface area contributed by atoms with Crippen LogP contribution in [-0.2, 0) is 4.79 Å². The number of hydrogen-bond acceptors (Lipinski definition) is 4. The van der Waals surface area contributed by atoms with Gasteiger partial charge in [0.15, 0.2) is 0 Å². The van der Waals surface area contributed by atoms with Crippen molar-refractivity contribution in [1.82, 2.24) is 0 Å². The smallest absolute Gasteiger partial charge is 0.269 e. The molecule has 2 heterocycles. The number of rotatable bonds is 2. The summed E-state index contributed by atoms with van der Waals surface area (Å²) in [5.74, 6) is 0.0716. The highest BCUT2D eigenvalue weighted by Gasteiger charge is 2.48. The first-order valence-electron chi connectivity index (χ1n) is 7.08. The molecule has 1 aromatic rings. The van der Waals surface area contributed by atoms with Gasteiger partial charge in [0.25, 0.3) is 11.6 Å². The summed E-state index contributed by atoms with van der Waals surface area (Å²) in [5, 5.41) is 11.1. The van der Waals surface area contributed by atoms with Crippen molar-refractivity contribution in [1.29, 1.82) is 0 Å². The van der Waals surface area contributed by atoms with Gasteiger partial charge >= 0.3 is 0 Å². The van der Waals surface area contributed by atoms with E-state index in [1.54, 1.807) is 34.9 Å². The fourth-order valence-corrected chi connectivity index (χ4v) is 4.42. The van der Waals surface area contributed by atoms with Crippen LogP contribution < -0.4 is 4.90 Å². The Morgan fingerprint density at radius 2 is 1.91 bits per heavy atom. The number of carbonyl (C=O) groups excluding carboxylic acids is 1.